The molecule has 2 saturated heterocycles. The average Bonchev–Trinajstić information content (AvgIpc) is 2.61. The lowest BCUT2D eigenvalue weighted by Crippen LogP contribution is -2.53. The van der Waals surface area contributed by atoms with Crippen LogP contribution in [0.1, 0.15) is 12.8 Å². The number of carbonyl (C=O) groups is 1. The van der Waals surface area contributed by atoms with Crippen LogP contribution < -0.4 is 0 Å². The van der Waals surface area contributed by atoms with Crippen molar-refractivity contribution in [2.75, 3.05) is 43.4 Å². The predicted octanol–water partition coefficient (Wildman–Crippen LogP) is 1.64. The smallest absolute Gasteiger partial charge is 0.233 e. The number of hydrogen-bond acceptors (Lipinski definition) is 5. The number of carbonyl (C=O) groups excluding carboxylic acids is 1. The molecule has 0 N–H and O–H groups in total. The van der Waals surface area contributed by atoms with Crippen LogP contribution in [0.25, 0.3) is 0 Å². The summed E-state index contributed by atoms with van der Waals surface area (Å²) in [6, 6.07) is 6.49. The Kier molecular flexibility index (Phi) is 6.01. The van der Waals surface area contributed by atoms with Crippen molar-refractivity contribution in [2.45, 2.75) is 23.8 Å². The SMILES string of the molecule is O=C(CSc1ccc(F)cc1)N1CCN(C2CCS(=O)(=O)CC2)CC1. The van der Waals surface area contributed by atoms with Gasteiger partial charge in [-0.25, -0.2) is 12.8 Å². The van der Waals surface area contributed by atoms with Crippen LogP contribution in [0.15, 0.2) is 29.2 Å². The third-order valence-corrected chi connectivity index (χ3v) is 7.60. The third-order valence-electron chi connectivity index (χ3n) is 4.88. The minimum atomic E-state index is -2.83. The Morgan fingerprint density at radius 2 is 1.68 bits per heavy atom. The molecule has 2 aliphatic heterocycles. The number of sulfone groups is 1. The zero-order valence-electron chi connectivity index (χ0n) is 14.1. The summed E-state index contributed by atoms with van der Waals surface area (Å²) >= 11 is 1.42. The number of rotatable bonds is 4. The number of piperazine rings is 1. The molecule has 5 nitrogen and oxygen atoms in total. The highest BCUT2D eigenvalue weighted by Gasteiger charge is 2.30. The zero-order valence-corrected chi connectivity index (χ0v) is 15.7. The summed E-state index contributed by atoms with van der Waals surface area (Å²) in [5.74, 6) is 0.742. The monoisotopic (exact) mass is 386 g/mol. The Morgan fingerprint density at radius 1 is 1.08 bits per heavy atom. The van der Waals surface area contributed by atoms with Crippen LogP contribution in [0.3, 0.4) is 0 Å². The summed E-state index contributed by atoms with van der Waals surface area (Å²) < 4.78 is 36.0. The normalized spacial score (nSPS) is 22.0. The van der Waals surface area contributed by atoms with Gasteiger partial charge in [-0.3, -0.25) is 9.69 Å². The van der Waals surface area contributed by atoms with Crippen molar-refractivity contribution in [2.24, 2.45) is 0 Å². The molecule has 0 spiro atoms. The molecule has 1 aromatic rings. The topological polar surface area (TPSA) is 57.7 Å². The maximum Gasteiger partial charge on any atom is 0.233 e. The second kappa shape index (κ2) is 8.05. The van der Waals surface area contributed by atoms with Crippen molar-refractivity contribution < 1.29 is 17.6 Å². The maximum atomic E-state index is 12.9. The molecule has 0 atom stereocenters. The summed E-state index contributed by atoms with van der Waals surface area (Å²) in [6.07, 6.45) is 1.41. The number of thioether (sulfide) groups is 1. The van der Waals surface area contributed by atoms with Crippen molar-refractivity contribution >= 4 is 27.5 Å². The van der Waals surface area contributed by atoms with E-state index in [-0.39, 0.29) is 23.2 Å². The van der Waals surface area contributed by atoms with Crippen LogP contribution in [0.2, 0.25) is 0 Å². The summed E-state index contributed by atoms with van der Waals surface area (Å²) in [7, 11) is -2.83. The molecule has 1 amide bonds. The molecular weight excluding hydrogens is 363 g/mol. The number of halogens is 1. The van der Waals surface area contributed by atoms with E-state index < -0.39 is 9.84 Å². The molecule has 2 heterocycles. The first kappa shape index (κ1) is 18.7. The second-order valence-electron chi connectivity index (χ2n) is 6.54. The second-order valence-corrected chi connectivity index (χ2v) is 9.89. The van der Waals surface area contributed by atoms with Crippen LogP contribution in [0, 0.1) is 5.82 Å². The summed E-state index contributed by atoms with van der Waals surface area (Å²) in [6.45, 7) is 2.98. The molecule has 0 aromatic heterocycles. The molecule has 3 rings (SSSR count). The fourth-order valence-electron chi connectivity index (χ4n) is 3.35. The zero-order chi connectivity index (χ0) is 17.9. The van der Waals surface area contributed by atoms with Crippen molar-refractivity contribution in [1.29, 1.82) is 0 Å². The van der Waals surface area contributed by atoms with E-state index in [0.29, 0.717) is 37.7 Å². The predicted molar refractivity (Wildman–Crippen MR) is 97.0 cm³/mol. The Hall–Kier alpha value is -1.12. The van der Waals surface area contributed by atoms with Gasteiger partial charge in [0.15, 0.2) is 0 Å². The van der Waals surface area contributed by atoms with Gasteiger partial charge in [0.25, 0.3) is 0 Å². The van der Waals surface area contributed by atoms with E-state index in [4.69, 9.17) is 0 Å². The van der Waals surface area contributed by atoms with E-state index in [1.165, 1.54) is 23.9 Å². The van der Waals surface area contributed by atoms with Gasteiger partial charge in [0.2, 0.25) is 5.91 Å². The van der Waals surface area contributed by atoms with Gasteiger partial charge in [0.1, 0.15) is 15.7 Å². The molecule has 0 unspecified atom stereocenters. The van der Waals surface area contributed by atoms with Gasteiger partial charge in [-0.1, -0.05) is 0 Å². The minimum Gasteiger partial charge on any atom is -0.339 e. The van der Waals surface area contributed by atoms with Crippen molar-refractivity contribution in [3.05, 3.63) is 30.1 Å². The molecule has 0 aliphatic carbocycles. The Bertz CT molecular complexity index is 687. The maximum absolute atomic E-state index is 12.9. The fraction of sp³-hybridized carbons (Fsp3) is 0.588. The average molecular weight is 387 g/mol. The quantitative estimate of drug-likeness (QED) is 0.737. The van der Waals surface area contributed by atoms with E-state index in [1.54, 1.807) is 12.1 Å². The number of amides is 1. The van der Waals surface area contributed by atoms with Gasteiger partial charge >= 0.3 is 0 Å². The molecule has 8 heteroatoms. The van der Waals surface area contributed by atoms with Gasteiger partial charge in [-0.15, -0.1) is 11.8 Å². The highest BCUT2D eigenvalue weighted by Crippen LogP contribution is 2.21. The lowest BCUT2D eigenvalue weighted by molar-refractivity contribution is -0.130. The van der Waals surface area contributed by atoms with E-state index >= 15 is 0 Å². The molecule has 25 heavy (non-hydrogen) atoms. The Balaban J connectivity index is 1.42. The van der Waals surface area contributed by atoms with E-state index in [2.05, 4.69) is 4.90 Å². The molecule has 0 radical (unpaired) electrons. The molecule has 1 aromatic carbocycles. The standard InChI is InChI=1S/C17H23FN2O3S2/c18-14-1-3-16(4-2-14)24-13-17(21)20-9-7-19(8-10-20)15-5-11-25(22,23)12-6-15/h1-4,15H,5-13H2. The van der Waals surface area contributed by atoms with Crippen LogP contribution in [-0.4, -0.2) is 73.6 Å². The molecule has 2 fully saturated rings. The minimum absolute atomic E-state index is 0.0974. The van der Waals surface area contributed by atoms with E-state index in [0.717, 1.165) is 18.0 Å². The summed E-state index contributed by atoms with van der Waals surface area (Å²) in [5.41, 5.74) is 0. The van der Waals surface area contributed by atoms with Crippen LogP contribution in [-0.2, 0) is 14.6 Å². The van der Waals surface area contributed by atoms with Crippen molar-refractivity contribution in [3.63, 3.8) is 0 Å². The largest absolute Gasteiger partial charge is 0.339 e. The van der Waals surface area contributed by atoms with E-state index in [9.17, 15) is 17.6 Å². The number of hydrogen-bond donors (Lipinski definition) is 0. The first-order valence-corrected chi connectivity index (χ1v) is 11.3. The first-order valence-electron chi connectivity index (χ1n) is 8.53. The molecule has 0 bridgehead atoms. The molecule has 2 aliphatic rings. The van der Waals surface area contributed by atoms with Gasteiger partial charge in [-0.2, -0.15) is 0 Å². The first-order chi connectivity index (χ1) is 11.9. The summed E-state index contributed by atoms with van der Waals surface area (Å²) in [4.78, 5) is 17.4. The van der Waals surface area contributed by atoms with Crippen molar-refractivity contribution in [3.8, 4) is 0 Å². The fourth-order valence-corrected chi connectivity index (χ4v) is 5.61. The Morgan fingerprint density at radius 3 is 2.28 bits per heavy atom. The van der Waals surface area contributed by atoms with Crippen LogP contribution in [0.5, 0.6) is 0 Å². The van der Waals surface area contributed by atoms with Gasteiger partial charge in [0, 0.05) is 37.1 Å². The van der Waals surface area contributed by atoms with Crippen molar-refractivity contribution in [1.82, 2.24) is 9.80 Å². The number of nitrogens with zero attached hydrogens (tertiary/aromatic N) is 2. The Labute approximate surface area is 152 Å². The highest BCUT2D eigenvalue weighted by atomic mass is 32.2. The molecular formula is C17H23FN2O3S2. The third kappa shape index (κ3) is 5.18. The lowest BCUT2D eigenvalue weighted by Gasteiger charge is -2.40. The van der Waals surface area contributed by atoms with E-state index in [1.807, 2.05) is 4.90 Å². The van der Waals surface area contributed by atoms with Crippen LogP contribution >= 0.6 is 11.8 Å². The lowest BCUT2D eigenvalue weighted by atomic mass is 10.1. The summed E-state index contributed by atoms with van der Waals surface area (Å²) in [5, 5.41) is 0. The van der Waals surface area contributed by atoms with Gasteiger partial charge in [-0.05, 0) is 37.1 Å². The van der Waals surface area contributed by atoms with Gasteiger partial charge in [0.05, 0.1) is 17.3 Å². The number of benzene rings is 1. The molecule has 0 saturated carbocycles. The highest BCUT2D eigenvalue weighted by molar-refractivity contribution is 8.00. The van der Waals surface area contributed by atoms with Crippen LogP contribution in [0.4, 0.5) is 4.39 Å². The molecule has 138 valence electrons. The van der Waals surface area contributed by atoms with Gasteiger partial charge < -0.3 is 4.90 Å².